The van der Waals surface area contributed by atoms with Crippen molar-refractivity contribution in [3.05, 3.63) is 52.8 Å². The minimum Gasteiger partial charge on any atom is -0.479 e. The third-order valence-electron chi connectivity index (χ3n) is 4.17. The van der Waals surface area contributed by atoms with Crippen LogP contribution in [0.3, 0.4) is 0 Å². The summed E-state index contributed by atoms with van der Waals surface area (Å²) in [6.07, 6.45) is -1.55. The number of hydrogen-bond acceptors (Lipinski definition) is 3. The van der Waals surface area contributed by atoms with Gasteiger partial charge in [-0.25, -0.2) is 13.6 Å². The Kier molecular flexibility index (Phi) is 3.82. The quantitative estimate of drug-likeness (QED) is 0.891. The number of carboxylic acid groups (broad SMARTS) is 1. The first-order valence-corrected chi connectivity index (χ1v) is 7.27. The van der Waals surface area contributed by atoms with Crippen LogP contribution in [0.1, 0.15) is 33.6 Å². The Morgan fingerprint density at radius 2 is 1.88 bits per heavy atom. The number of hydrogen-bond donors (Lipinski definition) is 2. The number of carboxylic acids is 1. The van der Waals surface area contributed by atoms with Gasteiger partial charge in [0.15, 0.2) is 0 Å². The predicted molar refractivity (Wildman–Crippen MR) is 79.8 cm³/mol. The van der Waals surface area contributed by atoms with E-state index in [0.717, 1.165) is 22.0 Å². The second kappa shape index (κ2) is 5.70. The molecule has 126 valence electrons. The van der Waals surface area contributed by atoms with E-state index in [1.165, 1.54) is 7.05 Å². The minimum atomic E-state index is -2.92. The highest BCUT2D eigenvalue weighted by atomic mass is 19.3. The van der Waals surface area contributed by atoms with Crippen LogP contribution in [0.15, 0.2) is 30.5 Å². The number of nitrogens with zero attached hydrogens (tertiary/aromatic N) is 2. The summed E-state index contributed by atoms with van der Waals surface area (Å²) in [5, 5.41) is 15.6. The van der Waals surface area contributed by atoms with Crippen LogP contribution in [0, 0.1) is 0 Å². The van der Waals surface area contributed by atoms with Crippen molar-refractivity contribution in [2.45, 2.75) is 24.8 Å². The molecule has 1 aromatic carbocycles. The van der Waals surface area contributed by atoms with Gasteiger partial charge in [-0.1, -0.05) is 24.3 Å². The first-order chi connectivity index (χ1) is 11.3. The van der Waals surface area contributed by atoms with Gasteiger partial charge in [0.2, 0.25) is 0 Å². The maximum Gasteiger partial charge on any atom is 0.330 e. The number of benzene rings is 1. The van der Waals surface area contributed by atoms with E-state index in [2.05, 4.69) is 10.4 Å². The van der Waals surface area contributed by atoms with Crippen molar-refractivity contribution < 1.29 is 23.5 Å². The Hall–Kier alpha value is -2.77. The van der Waals surface area contributed by atoms with Crippen molar-refractivity contribution in [1.82, 2.24) is 15.1 Å². The lowest BCUT2D eigenvalue weighted by Gasteiger charge is -2.25. The largest absolute Gasteiger partial charge is 0.479 e. The fourth-order valence-corrected chi connectivity index (χ4v) is 3.03. The molecule has 1 amide bonds. The summed E-state index contributed by atoms with van der Waals surface area (Å²) in [6, 6.07) is 7.16. The summed E-state index contributed by atoms with van der Waals surface area (Å²) >= 11 is 0. The highest BCUT2D eigenvalue weighted by Gasteiger charge is 2.46. The van der Waals surface area contributed by atoms with E-state index < -0.39 is 29.5 Å². The minimum absolute atomic E-state index is 0.106. The van der Waals surface area contributed by atoms with E-state index in [9.17, 15) is 23.5 Å². The van der Waals surface area contributed by atoms with Crippen LogP contribution >= 0.6 is 0 Å². The predicted octanol–water partition coefficient (Wildman–Crippen LogP) is 1.71. The van der Waals surface area contributed by atoms with Crippen LogP contribution in [0.4, 0.5) is 8.78 Å². The van der Waals surface area contributed by atoms with Crippen molar-refractivity contribution in [1.29, 1.82) is 0 Å². The Labute approximate surface area is 136 Å². The third-order valence-corrected chi connectivity index (χ3v) is 4.17. The monoisotopic (exact) mass is 335 g/mol. The molecule has 0 aliphatic heterocycles. The van der Waals surface area contributed by atoms with E-state index in [-0.39, 0.29) is 18.4 Å². The van der Waals surface area contributed by atoms with Gasteiger partial charge in [-0.2, -0.15) is 5.10 Å². The number of aryl methyl sites for hydroxylation is 1. The topological polar surface area (TPSA) is 84.2 Å². The number of carbonyl (C=O) groups excluding carboxylic acids is 1. The van der Waals surface area contributed by atoms with Crippen LogP contribution < -0.4 is 5.32 Å². The Morgan fingerprint density at radius 1 is 1.29 bits per heavy atom. The number of nitrogens with one attached hydrogen (secondary N) is 1. The molecular weight excluding hydrogens is 320 g/mol. The van der Waals surface area contributed by atoms with Crippen LogP contribution in [0.5, 0.6) is 0 Å². The first-order valence-electron chi connectivity index (χ1n) is 7.27. The van der Waals surface area contributed by atoms with E-state index in [1.54, 1.807) is 24.3 Å². The first kappa shape index (κ1) is 16.1. The molecule has 0 radical (unpaired) electrons. The third kappa shape index (κ3) is 2.64. The molecule has 1 aliphatic carbocycles. The van der Waals surface area contributed by atoms with Gasteiger partial charge >= 0.3 is 5.97 Å². The number of carbonyl (C=O) groups is 2. The number of aliphatic carboxylic acids is 1. The lowest BCUT2D eigenvalue weighted by molar-refractivity contribution is -0.144. The van der Waals surface area contributed by atoms with E-state index in [1.807, 2.05) is 0 Å². The van der Waals surface area contributed by atoms with Gasteiger partial charge in [-0.3, -0.25) is 9.48 Å². The van der Waals surface area contributed by atoms with Crippen LogP contribution in [-0.2, 0) is 24.7 Å². The number of alkyl halides is 2. The zero-order valence-electron chi connectivity index (χ0n) is 12.8. The Bertz CT molecular complexity index is 792. The van der Waals surface area contributed by atoms with Gasteiger partial charge in [-0.15, -0.1) is 0 Å². The second-order valence-corrected chi connectivity index (χ2v) is 5.87. The number of fused-ring (bicyclic) bond motifs is 1. The lowest BCUT2D eigenvalue weighted by Crippen LogP contribution is -2.55. The average Bonchev–Trinajstić information content (AvgIpc) is 3.08. The number of halogens is 2. The molecule has 2 N–H and O–H groups in total. The van der Waals surface area contributed by atoms with Crippen LogP contribution in [0.25, 0.3) is 0 Å². The number of aromatic nitrogens is 2. The molecule has 0 saturated heterocycles. The van der Waals surface area contributed by atoms with Gasteiger partial charge in [0.1, 0.15) is 11.2 Å². The molecule has 0 atom stereocenters. The molecular formula is C16H15F2N3O3. The lowest BCUT2D eigenvalue weighted by atomic mass is 9.95. The summed E-state index contributed by atoms with van der Waals surface area (Å²) < 4.78 is 27.1. The van der Waals surface area contributed by atoms with E-state index in [0.29, 0.717) is 0 Å². The average molecular weight is 335 g/mol. The highest BCUT2D eigenvalue weighted by molar-refractivity contribution is 5.99. The smallest absolute Gasteiger partial charge is 0.330 e. The molecule has 0 saturated carbocycles. The van der Waals surface area contributed by atoms with Crippen molar-refractivity contribution >= 4 is 11.9 Å². The van der Waals surface area contributed by atoms with Gasteiger partial charge < -0.3 is 10.4 Å². The van der Waals surface area contributed by atoms with E-state index in [4.69, 9.17) is 0 Å². The van der Waals surface area contributed by atoms with Crippen LogP contribution in [-0.4, -0.2) is 32.3 Å². The van der Waals surface area contributed by atoms with Crippen molar-refractivity contribution in [2.75, 3.05) is 0 Å². The molecule has 1 aliphatic rings. The molecule has 8 heteroatoms. The summed E-state index contributed by atoms with van der Waals surface area (Å²) in [5.74, 6) is -2.07. The Balaban J connectivity index is 1.91. The summed E-state index contributed by atoms with van der Waals surface area (Å²) in [6.45, 7) is 0. The van der Waals surface area contributed by atoms with Gasteiger partial charge in [0.25, 0.3) is 12.3 Å². The molecule has 24 heavy (non-hydrogen) atoms. The SMILES string of the molecule is Cn1cc(C(=O)NC2(C(=O)O)Cc3ccccc3C2)c(C(F)F)n1. The fraction of sp³-hybridized carbons (Fsp3) is 0.312. The van der Waals surface area contributed by atoms with Gasteiger partial charge in [0, 0.05) is 26.1 Å². The van der Waals surface area contributed by atoms with Crippen molar-refractivity contribution in [3.63, 3.8) is 0 Å². The molecule has 0 fully saturated rings. The summed E-state index contributed by atoms with van der Waals surface area (Å²) in [4.78, 5) is 24.2. The normalized spacial score (nSPS) is 15.3. The van der Waals surface area contributed by atoms with Crippen molar-refractivity contribution in [2.24, 2.45) is 7.05 Å². The van der Waals surface area contributed by atoms with Gasteiger partial charge in [0.05, 0.1) is 5.56 Å². The summed E-state index contributed by atoms with van der Waals surface area (Å²) in [5.41, 5.74) is -0.883. The number of rotatable bonds is 4. The molecule has 2 aromatic rings. The molecule has 0 bridgehead atoms. The zero-order chi connectivity index (χ0) is 17.5. The van der Waals surface area contributed by atoms with Crippen molar-refractivity contribution in [3.8, 4) is 0 Å². The molecule has 0 spiro atoms. The maximum absolute atomic E-state index is 13.0. The fourth-order valence-electron chi connectivity index (χ4n) is 3.03. The van der Waals surface area contributed by atoms with E-state index >= 15 is 0 Å². The van der Waals surface area contributed by atoms with Gasteiger partial charge in [-0.05, 0) is 11.1 Å². The highest BCUT2D eigenvalue weighted by Crippen LogP contribution is 2.31. The molecule has 1 aromatic heterocycles. The molecule has 0 unspecified atom stereocenters. The Morgan fingerprint density at radius 3 is 2.38 bits per heavy atom. The maximum atomic E-state index is 13.0. The van der Waals surface area contributed by atoms with Crippen LogP contribution in [0.2, 0.25) is 0 Å². The second-order valence-electron chi connectivity index (χ2n) is 5.87. The zero-order valence-corrected chi connectivity index (χ0v) is 12.8. The molecule has 3 rings (SSSR count). The standard InChI is InChI=1S/C16H15F2N3O3/c1-21-8-11(12(20-21)13(17)18)14(22)19-16(15(23)24)6-9-4-2-3-5-10(9)7-16/h2-5,8,13H,6-7H2,1H3,(H,19,22)(H,23,24). The number of amides is 1. The molecule has 1 heterocycles. The summed E-state index contributed by atoms with van der Waals surface area (Å²) in [7, 11) is 1.42. The molecule has 6 nitrogen and oxygen atoms in total.